The fourth-order valence-corrected chi connectivity index (χ4v) is 5.22. The molecule has 2 fully saturated rings. The molecule has 8 nitrogen and oxygen atoms in total. The van der Waals surface area contributed by atoms with E-state index in [0.717, 1.165) is 12.1 Å². The molecular formula is C21H21N5O3S. The smallest absolute Gasteiger partial charge is 0.271 e. The highest BCUT2D eigenvalue weighted by Gasteiger charge is 2.51. The van der Waals surface area contributed by atoms with E-state index in [1.807, 2.05) is 28.5 Å². The first-order valence-electron chi connectivity index (χ1n) is 9.95. The van der Waals surface area contributed by atoms with Crippen molar-refractivity contribution in [3.8, 4) is 0 Å². The molecule has 2 saturated heterocycles. The van der Waals surface area contributed by atoms with Gasteiger partial charge in [-0.1, -0.05) is 6.07 Å². The van der Waals surface area contributed by atoms with Crippen LogP contribution in [0.25, 0.3) is 10.2 Å². The van der Waals surface area contributed by atoms with Crippen molar-refractivity contribution < 1.29 is 9.59 Å². The van der Waals surface area contributed by atoms with Gasteiger partial charge in [0.05, 0.1) is 29.5 Å². The maximum absolute atomic E-state index is 13.1. The Balaban J connectivity index is 1.27. The van der Waals surface area contributed by atoms with Gasteiger partial charge in [-0.25, -0.2) is 4.98 Å². The lowest BCUT2D eigenvalue weighted by Gasteiger charge is -2.23. The van der Waals surface area contributed by atoms with Crippen molar-refractivity contribution in [1.82, 2.24) is 24.3 Å². The summed E-state index contributed by atoms with van der Waals surface area (Å²) < 4.78 is 1.91. The number of pyridine rings is 1. The van der Waals surface area contributed by atoms with Crippen LogP contribution < -0.4 is 5.56 Å². The number of aromatic nitrogens is 3. The van der Waals surface area contributed by atoms with E-state index in [4.69, 9.17) is 0 Å². The molecule has 3 aromatic heterocycles. The lowest BCUT2D eigenvalue weighted by Crippen LogP contribution is -2.40. The van der Waals surface area contributed by atoms with Gasteiger partial charge in [-0.2, -0.15) is 0 Å². The van der Waals surface area contributed by atoms with Crippen LogP contribution in [0.15, 0.2) is 47.0 Å². The normalized spacial score (nSPS) is 21.3. The Morgan fingerprint density at radius 1 is 1.13 bits per heavy atom. The second-order valence-electron chi connectivity index (χ2n) is 7.96. The second-order valence-corrected chi connectivity index (χ2v) is 8.87. The number of amides is 2. The molecule has 0 aromatic carbocycles. The topological polar surface area (TPSA) is 88.4 Å². The molecule has 2 amide bonds. The molecule has 0 aliphatic carbocycles. The highest BCUT2D eigenvalue weighted by molar-refractivity contribution is 7.17. The molecule has 2 aliphatic rings. The van der Waals surface area contributed by atoms with Crippen LogP contribution in [0.3, 0.4) is 0 Å². The minimum atomic E-state index is -0.509. The van der Waals surface area contributed by atoms with Crippen molar-refractivity contribution in [1.29, 1.82) is 0 Å². The number of fused-ring (bicyclic) bond motifs is 1. The third kappa shape index (κ3) is 3.19. The average Bonchev–Trinajstić information content (AvgIpc) is 3.48. The number of hydrogen-bond donors (Lipinski definition) is 0. The number of carbonyl (C=O) groups excluding carboxylic acids is 2. The molecule has 0 bridgehead atoms. The predicted octanol–water partition coefficient (Wildman–Crippen LogP) is 1.50. The monoisotopic (exact) mass is 423 g/mol. The summed E-state index contributed by atoms with van der Waals surface area (Å²) in [6.45, 7) is 2.06. The molecule has 30 heavy (non-hydrogen) atoms. The molecule has 3 aromatic rings. The largest absolute Gasteiger partial charge is 0.340 e. The summed E-state index contributed by atoms with van der Waals surface area (Å²) >= 11 is 1.33. The van der Waals surface area contributed by atoms with Crippen LogP contribution >= 0.6 is 11.3 Å². The Bertz CT molecular complexity index is 1170. The van der Waals surface area contributed by atoms with Crippen molar-refractivity contribution in [3.63, 3.8) is 0 Å². The van der Waals surface area contributed by atoms with E-state index < -0.39 is 5.41 Å². The first kappa shape index (κ1) is 18.9. The van der Waals surface area contributed by atoms with Crippen molar-refractivity contribution >= 4 is 33.4 Å². The molecule has 0 radical (unpaired) electrons. The summed E-state index contributed by atoms with van der Waals surface area (Å²) in [5.74, 6) is -0.0510. The van der Waals surface area contributed by atoms with Crippen LogP contribution in [-0.2, 0) is 22.7 Å². The maximum Gasteiger partial charge on any atom is 0.271 e. The molecule has 0 saturated carbocycles. The summed E-state index contributed by atoms with van der Waals surface area (Å²) in [6, 6.07) is 7.48. The number of thiophene rings is 1. The molecule has 154 valence electrons. The molecular weight excluding hydrogens is 402 g/mol. The zero-order valence-corrected chi connectivity index (χ0v) is 17.2. The highest BCUT2D eigenvalue weighted by atomic mass is 32.1. The Labute approximate surface area is 176 Å². The van der Waals surface area contributed by atoms with E-state index >= 15 is 0 Å². The van der Waals surface area contributed by atoms with Crippen molar-refractivity contribution in [2.75, 3.05) is 19.6 Å². The minimum absolute atomic E-state index is 0.0540. The third-order valence-corrected chi connectivity index (χ3v) is 7.02. The maximum atomic E-state index is 13.1. The number of hydrogen-bond acceptors (Lipinski definition) is 6. The number of rotatable bonds is 4. The van der Waals surface area contributed by atoms with E-state index in [0.29, 0.717) is 42.8 Å². The quantitative estimate of drug-likeness (QED) is 0.635. The SMILES string of the molecule is O=C(Cn1cnc2ccsc2c1=O)N1CCC2(CCN(Cc3ccccn3)C2=O)C1. The van der Waals surface area contributed by atoms with Crippen LogP contribution in [0.5, 0.6) is 0 Å². The zero-order chi connectivity index (χ0) is 20.7. The van der Waals surface area contributed by atoms with Crippen LogP contribution in [0.1, 0.15) is 18.5 Å². The summed E-state index contributed by atoms with van der Waals surface area (Å²) in [5, 5.41) is 1.82. The first-order valence-corrected chi connectivity index (χ1v) is 10.8. The van der Waals surface area contributed by atoms with Gasteiger partial charge in [0, 0.05) is 25.8 Å². The predicted molar refractivity (Wildman–Crippen MR) is 112 cm³/mol. The van der Waals surface area contributed by atoms with Gasteiger partial charge < -0.3 is 9.80 Å². The Kier molecular flexibility index (Phi) is 4.62. The first-order chi connectivity index (χ1) is 14.6. The van der Waals surface area contributed by atoms with Crippen LogP contribution in [0, 0.1) is 5.41 Å². The van der Waals surface area contributed by atoms with Crippen LogP contribution in [0.2, 0.25) is 0 Å². The fraction of sp³-hybridized carbons (Fsp3) is 0.381. The van der Waals surface area contributed by atoms with Gasteiger partial charge in [0.2, 0.25) is 11.8 Å². The van der Waals surface area contributed by atoms with Gasteiger partial charge in [-0.15, -0.1) is 11.3 Å². The Morgan fingerprint density at radius 3 is 2.83 bits per heavy atom. The summed E-state index contributed by atoms with van der Waals surface area (Å²) in [5.41, 5.74) is 0.810. The van der Waals surface area contributed by atoms with E-state index in [1.54, 1.807) is 17.2 Å². The van der Waals surface area contributed by atoms with Gasteiger partial charge in [0.15, 0.2) is 0 Å². The van der Waals surface area contributed by atoms with E-state index in [1.165, 1.54) is 22.2 Å². The fourth-order valence-electron chi connectivity index (χ4n) is 4.43. The van der Waals surface area contributed by atoms with Crippen molar-refractivity contribution in [2.24, 2.45) is 5.41 Å². The molecule has 2 aliphatic heterocycles. The van der Waals surface area contributed by atoms with Gasteiger partial charge in [-0.3, -0.25) is 23.9 Å². The van der Waals surface area contributed by atoms with E-state index in [9.17, 15) is 14.4 Å². The summed E-state index contributed by atoms with van der Waals surface area (Å²) in [4.78, 5) is 50.7. The molecule has 9 heteroatoms. The Morgan fingerprint density at radius 2 is 2.00 bits per heavy atom. The summed E-state index contributed by atoms with van der Waals surface area (Å²) in [6.07, 6.45) is 4.56. The molecule has 5 heterocycles. The summed E-state index contributed by atoms with van der Waals surface area (Å²) in [7, 11) is 0. The lowest BCUT2D eigenvalue weighted by molar-refractivity contribution is -0.137. The van der Waals surface area contributed by atoms with Crippen LogP contribution in [0.4, 0.5) is 0 Å². The van der Waals surface area contributed by atoms with Gasteiger partial charge in [-0.05, 0) is 36.4 Å². The number of nitrogens with zero attached hydrogens (tertiary/aromatic N) is 5. The average molecular weight is 423 g/mol. The molecule has 1 atom stereocenters. The minimum Gasteiger partial charge on any atom is -0.340 e. The lowest BCUT2D eigenvalue weighted by atomic mass is 9.85. The standard InChI is InChI=1S/C21H21N5O3S/c27-17(12-26-14-23-16-4-10-30-18(16)19(26)28)25-9-6-21(13-25)5-8-24(20(21)29)11-15-3-1-2-7-22-15/h1-4,7,10,14H,5-6,8-9,11-13H2. The highest BCUT2D eigenvalue weighted by Crippen LogP contribution is 2.41. The molecule has 1 spiro atoms. The van der Waals surface area contributed by atoms with Crippen LogP contribution in [-0.4, -0.2) is 55.8 Å². The van der Waals surface area contributed by atoms with Crippen molar-refractivity contribution in [2.45, 2.75) is 25.9 Å². The number of carbonyl (C=O) groups is 2. The Hall–Kier alpha value is -3.07. The van der Waals surface area contributed by atoms with E-state index in [-0.39, 0.29) is 23.9 Å². The van der Waals surface area contributed by atoms with Crippen molar-refractivity contribution in [3.05, 3.63) is 58.2 Å². The van der Waals surface area contributed by atoms with E-state index in [2.05, 4.69) is 9.97 Å². The van der Waals surface area contributed by atoms with Gasteiger partial charge in [0.25, 0.3) is 5.56 Å². The van der Waals surface area contributed by atoms with Gasteiger partial charge >= 0.3 is 0 Å². The molecule has 0 N–H and O–H groups in total. The number of likely N-dealkylation sites (tertiary alicyclic amines) is 2. The third-order valence-electron chi connectivity index (χ3n) is 6.13. The van der Waals surface area contributed by atoms with Gasteiger partial charge in [0.1, 0.15) is 11.2 Å². The zero-order valence-electron chi connectivity index (χ0n) is 16.4. The molecule has 5 rings (SSSR count). The second kappa shape index (κ2) is 7.32. The molecule has 1 unspecified atom stereocenters.